The van der Waals surface area contributed by atoms with Gasteiger partial charge in [-0.25, -0.2) is 4.79 Å². The van der Waals surface area contributed by atoms with Crippen LogP contribution in [0.3, 0.4) is 0 Å². The van der Waals surface area contributed by atoms with Crippen molar-refractivity contribution in [3.8, 4) is 5.75 Å². The molecule has 0 saturated heterocycles. The standard InChI is InChI=1S/C11H12N2O5/c1-3-7(2)12-18-10-5-4-8(11(14)15)6-9(10)13(16)17/h4-6H,3H2,1-2H3,(H,14,15)/b12-7+. The molecular weight excluding hydrogens is 240 g/mol. The van der Waals surface area contributed by atoms with Crippen LogP contribution >= 0.6 is 0 Å². The highest BCUT2D eigenvalue weighted by molar-refractivity contribution is 5.89. The maximum Gasteiger partial charge on any atom is 0.335 e. The average molecular weight is 252 g/mol. The molecule has 0 spiro atoms. The Morgan fingerprint density at radius 1 is 1.56 bits per heavy atom. The van der Waals surface area contributed by atoms with E-state index in [4.69, 9.17) is 9.94 Å². The summed E-state index contributed by atoms with van der Waals surface area (Å²) in [6.07, 6.45) is 0.654. The number of hydrogen-bond donors (Lipinski definition) is 1. The lowest BCUT2D eigenvalue weighted by Gasteiger charge is -2.02. The van der Waals surface area contributed by atoms with Gasteiger partial charge in [0.05, 0.1) is 16.2 Å². The first-order valence-corrected chi connectivity index (χ1v) is 5.18. The minimum absolute atomic E-state index is 0.0854. The van der Waals surface area contributed by atoms with Crippen molar-refractivity contribution in [1.29, 1.82) is 0 Å². The van der Waals surface area contributed by atoms with E-state index in [-0.39, 0.29) is 11.3 Å². The molecule has 0 fully saturated rings. The maximum absolute atomic E-state index is 10.8. The monoisotopic (exact) mass is 252 g/mol. The van der Waals surface area contributed by atoms with E-state index in [0.29, 0.717) is 12.1 Å². The lowest BCUT2D eigenvalue weighted by molar-refractivity contribution is -0.385. The van der Waals surface area contributed by atoms with Crippen LogP contribution in [0.5, 0.6) is 5.75 Å². The van der Waals surface area contributed by atoms with Gasteiger partial charge in [-0.2, -0.15) is 0 Å². The number of carboxylic acid groups (broad SMARTS) is 1. The summed E-state index contributed by atoms with van der Waals surface area (Å²) in [5.74, 6) is -1.32. The summed E-state index contributed by atoms with van der Waals surface area (Å²) in [4.78, 5) is 25.7. The number of benzene rings is 1. The predicted octanol–water partition coefficient (Wildman–Crippen LogP) is 2.46. The fourth-order valence-corrected chi connectivity index (χ4v) is 1.06. The molecule has 18 heavy (non-hydrogen) atoms. The second kappa shape index (κ2) is 5.76. The van der Waals surface area contributed by atoms with Crippen LogP contribution in [0.1, 0.15) is 30.6 Å². The summed E-state index contributed by atoms with van der Waals surface area (Å²) in [7, 11) is 0. The first kappa shape index (κ1) is 13.6. The highest BCUT2D eigenvalue weighted by atomic mass is 16.6. The molecule has 1 rings (SSSR count). The van der Waals surface area contributed by atoms with Crippen molar-refractivity contribution in [3.05, 3.63) is 33.9 Å². The molecule has 0 unspecified atom stereocenters. The van der Waals surface area contributed by atoms with Crippen LogP contribution in [0.15, 0.2) is 23.4 Å². The van der Waals surface area contributed by atoms with Crippen LogP contribution in [0.25, 0.3) is 0 Å². The predicted molar refractivity (Wildman–Crippen MR) is 64.1 cm³/mol. The van der Waals surface area contributed by atoms with Gasteiger partial charge in [0.1, 0.15) is 0 Å². The van der Waals surface area contributed by atoms with Crippen molar-refractivity contribution in [3.63, 3.8) is 0 Å². The van der Waals surface area contributed by atoms with Gasteiger partial charge in [-0.1, -0.05) is 12.1 Å². The molecular formula is C11H12N2O5. The molecule has 0 aliphatic carbocycles. The molecule has 1 aromatic rings. The molecule has 0 amide bonds. The first-order valence-electron chi connectivity index (χ1n) is 5.18. The first-order chi connectivity index (χ1) is 8.45. The number of carboxylic acids is 1. The van der Waals surface area contributed by atoms with Crippen LogP contribution < -0.4 is 4.84 Å². The summed E-state index contributed by atoms with van der Waals surface area (Å²) in [6, 6.07) is 3.38. The highest BCUT2D eigenvalue weighted by Gasteiger charge is 2.18. The van der Waals surface area contributed by atoms with Crippen molar-refractivity contribution >= 4 is 17.4 Å². The van der Waals surface area contributed by atoms with Crippen molar-refractivity contribution in [1.82, 2.24) is 0 Å². The topological polar surface area (TPSA) is 102 Å². The summed E-state index contributed by atoms with van der Waals surface area (Å²) in [5.41, 5.74) is 0.0689. The Bertz CT molecular complexity index is 510. The Hall–Kier alpha value is -2.44. The molecule has 7 nitrogen and oxygen atoms in total. The van der Waals surface area contributed by atoms with Gasteiger partial charge in [0.15, 0.2) is 0 Å². The van der Waals surface area contributed by atoms with Gasteiger partial charge < -0.3 is 9.94 Å². The Balaban J connectivity index is 3.12. The molecule has 0 radical (unpaired) electrons. The van der Waals surface area contributed by atoms with Gasteiger partial charge in [0.2, 0.25) is 5.75 Å². The molecule has 1 N–H and O–H groups in total. The minimum atomic E-state index is -1.24. The number of oxime groups is 1. The fraction of sp³-hybridized carbons (Fsp3) is 0.273. The molecule has 0 heterocycles. The molecule has 0 atom stereocenters. The Kier molecular flexibility index (Phi) is 4.36. The smallest absolute Gasteiger partial charge is 0.335 e. The zero-order chi connectivity index (χ0) is 13.7. The molecule has 0 aliphatic heterocycles. The number of carbonyl (C=O) groups is 1. The van der Waals surface area contributed by atoms with Crippen molar-refractivity contribution in [2.24, 2.45) is 5.16 Å². The molecule has 0 bridgehead atoms. The molecule has 0 saturated carbocycles. The van der Waals surface area contributed by atoms with E-state index in [2.05, 4.69) is 5.16 Å². The third kappa shape index (κ3) is 3.27. The Morgan fingerprint density at radius 3 is 2.72 bits per heavy atom. The Morgan fingerprint density at radius 2 is 2.22 bits per heavy atom. The average Bonchev–Trinajstić information content (AvgIpc) is 2.35. The number of nitro groups is 1. The van der Waals surface area contributed by atoms with Crippen LogP contribution in [-0.2, 0) is 0 Å². The number of rotatable bonds is 5. The number of nitro benzene ring substituents is 1. The second-order valence-electron chi connectivity index (χ2n) is 3.52. The SMILES string of the molecule is CC/C(C)=N/Oc1ccc(C(=O)O)cc1[N+](=O)[O-]. The van der Waals surface area contributed by atoms with Gasteiger partial charge in [-0.3, -0.25) is 10.1 Å². The summed E-state index contributed by atoms with van der Waals surface area (Å²) < 4.78 is 0. The third-order valence-corrected chi connectivity index (χ3v) is 2.21. The van der Waals surface area contributed by atoms with Gasteiger partial charge >= 0.3 is 11.7 Å². The van der Waals surface area contributed by atoms with Crippen LogP contribution in [0.2, 0.25) is 0 Å². The van der Waals surface area contributed by atoms with Crippen molar-refractivity contribution in [2.45, 2.75) is 20.3 Å². The van der Waals surface area contributed by atoms with E-state index in [1.807, 2.05) is 6.92 Å². The Labute approximate surface area is 103 Å². The molecule has 7 heteroatoms. The highest BCUT2D eigenvalue weighted by Crippen LogP contribution is 2.28. The van der Waals surface area contributed by atoms with E-state index in [0.717, 1.165) is 6.07 Å². The minimum Gasteiger partial charge on any atom is -0.478 e. The summed E-state index contributed by atoms with van der Waals surface area (Å²) in [5, 5.41) is 23.2. The maximum atomic E-state index is 10.8. The molecule has 0 aliphatic rings. The van der Waals surface area contributed by atoms with Gasteiger partial charge in [-0.15, -0.1) is 0 Å². The second-order valence-corrected chi connectivity index (χ2v) is 3.52. The summed E-state index contributed by atoms with van der Waals surface area (Å²) >= 11 is 0. The van der Waals surface area contributed by atoms with E-state index >= 15 is 0 Å². The van der Waals surface area contributed by atoms with E-state index in [1.54, 1.807) is 6.92 Å². The molecule has 0 aromatic heterocycles. The zero-order valence-corrected chi connectivity index (χ0v) is 9.91. The zero-order valence-electron chi connectivity index (χ0n) is 9.91. The van der Waals surface area contributed by atoms with Gasteiger partial charge in [-0.05, 0) is 25.5 Å². The van der Waals surface area contributed by atoms with E-state index in [1.165, 1.54) is 12.1 Å². The molecule has 1 aromatic carbocycles. The van der Waals surface area contributed by atoms with Crippen molar-refractivity contribution < 1.29 is 19.7 Å². The van der Waals surface area contributed by atoms with Crippen LogP contribution in [0, 0.1) is 10.1 Å². The number of aromatic carboxylic acids is 1. The largest absolute Gasteiger partial charge is 0.478 e. The van der Waals surface area contributed by atoms with Crippen LogP contribution in [-0.4, -0.2) is 21.7 Å². The van der Waals surface area contributed by atoms with Gasteiger partial charge in [0.25, 0.3) is 0 Å². The lowest BCUT2D eigenvalue weighted by atomic mass is 10.2. The normalized spacial score (nSPS) is 11.1. The van der Waals surface area contributed by atoms with E-state index < -0.39 is 16.6 Å². The van der Waals surface area contributed by atoms with Crippen LogP contribution in [0.4, 0.5) is 5.69 Å². The number of nitrogens with zero attached hydrogens (tertiary/aromatic N) is 2. The summed E-state index contributed by atoms with van der Waals surface area (Å²) in [6.45, 7) is 3.58. The van der Waals surface area contributed by atoms with Gasteiger partial charge in [0, 0.05) is 6.07 Å². The number of hydrogen-bond acceptors (Lipinski definition) is 5. The lowest BCUT2D eigenvalue weighted by Crippen LogP contribution is -2.01. The van der Waals surface area contributed by atoms with E-state index in [9.17, 15) is 14.9 Å². The van der Waals surface area contributed by atoms with Crippen molar-refractivity contribution in [2.75, 3.05) is 0 Å². The fourth-order valence-electron chi connectivity index (χ4n) is 1.06. The third-order valence-electron chi connectivity index (χ3n) is 2.21. The quantitative estimate of drug-likeness (QED) is 0.492. The molecule has 96 valence electrons.